The van der Waals surface area contributed by atoms with Crippen molar-refractivity contribution in [2.75, 3.05) is 0 Å². The van der Waals surface area contributed by atoms with Gasteiger partial charge in [0.2, 0.25) is 5.91 Å². The molecule has 2 aliphatic rings. The maximum atomic E-state index is 13.9. The van der Waals surface area contributed by atoms with Crippen LogP contribution in [0.5, 0.6) is 0 Å². The number of rotatable bonds is 5. The van der Waals surface area contributed by atoms with Gasteiger partial charge in [-0.3, -0.25) is 9.59 Å². The summed E-state index contributed by atoms with van der Waals surface area (Å²) in [5.41, 5.74) is -1.04. The van der Waals surface area contributed by atoms with Crippen molar-refractivity contribution in [2.24, 2.45) is 5.41 Å². The average Bonchev–Trinajstić information content (AvgIpc) is 3.14. The van der Waals surface area contributed by atoms with Crippen molar-refractivity contribution in [1.82, 2.24) is 5.32 Å². The van der Waals surface area contributed by atoms with E-state index in [1.54, 1.807) is 18.2 Å². The summed E-state index contributed by atoms with van der Waals surface area (Å²) in [5, 5.41) is 12.1. The first kappa shape index (κ1) is 14.0. The minimum absolute atomic E-state index is 0.0153. The van der Waals surface area contributed by atoms with Gasteiger partial charge >= 0.3 is 5.97 Å². The normalized spacial score (nSPS) is 21.2. The van der Waals surface area contributed by atoms with Crippen LogP contribution in [-0.4, -0.2) is 17.0 Å². The maximum Gasteiger partial charge on any atom is 0.310 e. The molecular weight excluding hydrogens is 273 g/mol. The number of carbonyl (C=O) groups is 2. The van der Waals surface area contributed by atoms with Crippen molar-refractivity contribution in [3.8, 4) is 0 Å². The Morgan fingerprint density at radius 3 is 2.33 bits per heavy atom. The summed E-state index contributed by atoms with van der Waals surface area (Å²) >= 11 is 0. The van der Waals surface area contributed by atoms with E-state index in [0.717, 1.165) is 6.42 Å². The minimum Gasteiger partial charge on any atom is -0.481 e. The highest BCUT2D eigenvalue weighted by atomic mass is 19.1. The molecule has 0 aliphatic heterocycles. The molecule has 0 atom stereocenters. The third kappa shape index (κ3) is 2.41. The van der Waals surface area contributed by atoms with Crippen LogP contribution in [0.4, 0.5) is 4.39 Å². The summed E-state index contributed by atoms with van der Waals surface area (Å²) in [6, 6.07) is 6.42. The van der Waals surface area contributed by atoms with Crippen LogP contribution < -0.4 is 5.32 Å². The van der Waals surface area contributed by atoms with Gasteiger partial charge in [0.1, 0.15) is 5.82 Å². The molecule has 0 unspecified atom stereocenters. The second kappa shape index (κ2) is 4.83. The van der Waals surface area contributed by atoms with E-state index in [9.17, 15) is 19.1 Å². The second-order valence-corrected chi connectivity index (χ2v) is 6.23. The monoisotopic (exact) mass is 291 g/mol. The predicted octanol–water partition coefficient (Wildman–Crippen LogP) is 2.58. The molecule has 0 radical (unpaired) electrons. The lowest BCUT2D eigenvalue weighted by atomic mass is 9.66. The molecule has 2 N–H and O–H groups in total. The first-order chi connectivity index (χ1) is 9.97. The van der Waals surface area contributed by atoms with Crippen molar-refractivity contribution in [3.05, 3.63) is 35.6 Å². The fourth-order valence-corrected chi connectivity index (χ4v) is 3.12. The number of carboxylic acid groups (broad SMARTS) is 1. The fraction of sp³-hybridized carbons (Fsp3) is 0.500. The number of hydrogen-bond donors (Lipinski definition) is 2. The maximum absolute atomic E-state index is 13.9. The number of amides is 1. The van der Waals surface area contributed by atoms with Crippen LogP contribution in [-0.2, 0) is 15.1 Å². The molecular formula is C16H18FNO3. The van der Waals surface area contributed by atoms with Gasteiger partial charge in [0.15, 0.2) is 0 Å². The lowest BCUT2D eigenvalue weighted by Gasteiger charge is -2.37. The Bertz CT molecular complexity index is 591. The lowest BCUT2D eigenvalue weighted by Crippen LogP contribution is -2.45. The van der Waals surface area contributed by atoms with Crippen LogP contribution in [0.25, 0.3) is 0 Å². The third-order valence-electron chi connectivity index (χ3n) is 4.78. The Morgan fingerprint density at radius 1 is 1.19 bits per heavy atom. The second-order valence-electron chi connectivity index (χ2n) is 6.23. The van der Waals surface area contributed by atoms with Crippen molar-refractivity contribution in [2.45, 2.75) is 44.1 Å². The highest BCUT2D eigenvalue weighted by molar-refractivity contribution is 5.86. The van der Waals surface area contributed by atoms with Crippen LogP contribution >= 0.6 is 0 Å². The highest BCUT2D eigenvalue weighted by Crippen LogP contribution is 2.48. The van der Waals surface area contributed by atoms with Gasteiger partial charge in [-0.05, 0) is 31.7 Å². The van der Waals surface area contributed by atoms with Crippen LogP contribution in [0, 0.1) is 11.2 Å². The first-order valence-electron chi connectivity index (χ1n) is 7.27. The van der Waals surface area contributed by atoms with Gasteiger partial charge in [0, 0.05) is 12.0 Å². The quantitative estimate of drug-likeness (QED) is 0.876. The molecule has 4 nitrogen and oxygen atoms in total. The van der Waals surface area contributed by atoms with Gasteiger partial charge in [-0.15, -0.1) is 0 Å². The molecule has 0 spiro atoms. The van der Waals surface area contributed by atoms with Crippen molar-refractivity contribution in [3.63, 3.8) is 0 Å². The Morgan fingerprint density at radius 2 is 1.86 bits per heavy atom. The largest absolute Gasteiger partial charge is 0.481 e. The number of nitrogens with one attached hydrogen (secondary N) is 1. The molecule has 1 aromatic rings. The first-order valence-corrected chi connectivity index (χ1v) is 7.27. The molecule has 2 aliphatic carbocycles. The van der Waals surface area contributed by atoms with Gasteiger partial charge in [-0.25, -0.2) is 4.39 Å². The molecule has 0 heterocycles. The third-order valence-corrected chi connectivity index (χ3v) is 4.78. The molecule has 5 heteroatoms. The van der Waals surface area contributed by atoms with Crippen LogP contribution in [0.1, 0.15) is 44.1 Å². The Hall–Kier alpha value is -1.91. The van der Waals surface area contributed by atoms with E-state index in [0.29, 0.717) is 31.2 Å². The van der Waals surface area contributed by atoms with E-state index in [1.807, 2.05) is 0 Å². The van der Waals surface area contributed by atoms with E-state index in [4.69, 9.17) is 0 Å². The summed E-state index contributed by atoms with van der Waals surface area (Å²) in [4.78, 5) is 23.5. The summed E-state index contributed by atoms with van der Waals surface area (Å²) in [6.07, 6.45) is 3.31. The van der Waals surface area contributed by atoms with E-state index in [-0.39, 0.29) is 18.1 Å². The highest BCUT2D eigenvalue weighted by Gasteiger charge is 2.50. The topological polar surface area (TPSA) is 66.4 Å². The summed E-state index contributed by atoms with van der Waals surface area (Å²) in [5.74, 6) is -1.52. The van der Waals surface area contributed by atoms with Crippen molar-refractivity contribution in [1.29, 1.82) is 0 Å². The Kier molecular flexibility index (Phi) is 3.23. The molecule has 2 saturated carbocycles. The number of carbonyl (C=O) groups excluding carboxylic acids is 1. The Labute approximate surface area is 122 Å². The van der Waals surface area contributed by atoms with Crippen LogP contribution in [0.2, 0.25) is 0 Å². The van der Waals surface area contributed by atoms with Gasteiger partial charge in [0.05, 0.1) is 11.0 Å². The van der Waals surface area contributed by atoms with Gasteiger partial charge < -0.3 is 10.4 Å². The number of benzene rings is 1. The van der Waals surface area contributed by atoms with Gasteiger partial charge in [0.25, 0.3) is 0 Å². The molecule has 21 heavy (non-hydrogen) atoms. The SMILES string of the molecule is O=C(CC1(C(=O)O)CCC1)NC1(c2ccccc2F)CC1. The zero-order valence-electron chi connectivity index (χ0n) is 11.7. The van der Waals surface area contributed by atoms with E-state index in [2.05, 4.69) is 5.32 Å². The summed E-state index contributed by atoms with van der Waals surface area (Å²) in [7, 11) is 0. The molecule has 3 rings (SSSR count). The number of aliphatic carboxylic acids is 1. The standard InChI is InChI=1S/C16H18FNO3/c17-12-5-2-1-4-11(12)16(8-9-16)18-13(19)10-15(14(20)21)6-3-7-15/h1-2,4-5H,3,6-10H2,(H,18,19)(H,20,21). The van der Waals surface area contributed by atoms with Gasteiger partial charge in [-0.2, -0.15) is 0 Å². The average molecular weight is 291 g/mol. The van der Waals surface area contributed by atoms with E-state index >= 15 is 0 Å². The number of hydrogen-bond acceptors (Lipinski definition) is 2. The van der Waals surface area contributed by atoms with E-state index in [1.165, 1.54) is 6.07 Å². The zero-order chi connectivity index (χ0) is 15.1. The van der Waals surface area contributed by atoms with Crippen LogP contribution in [0.3, 0.4) is 0 Å². The van der Waals surface area contributed by atoms with E-state index < -0.39 is 16.9 Å². The molecule has 1 amide bonds. The molecule has 2 fully saturated rings. The zero-order valence-corrected chi connectivity index (χ0v) is 11.7. The number of halogens is 1. The van der Waals surface area contributed by atoms with Gasteiger partial charge in [-0.1, -0.05) is 24.6 Å². The molecule has 112 valence electrons. The number of carboxylic acids is 1. The lowest BCUT2D eigenvalue weighted by molar-refractivity contribution is -0.157. The van der Waals surface area contributed by atoms with Crippen LogP contribution in [0.15, 0.2) is 24.3 Å². The van der Waals surface area contributed by atoms with Crippen molar-refractivity contribution >= 4 is 11.9 Å². The molecule has 0 bridgehead atoms. The molecule has 1 aromatic carbocycles. The summed E-state index contributed by atoms with van der Waals surface area (Å²) in [6.45, 7) is 0. The predicted molar refractivity (Wildman–Crippen MR) is 74.0 cm³/mol. The Balaban J connectivity index is 1.71. The minimum atomic E-state index is -0.907. The molecule has 0 aromatic heterocycles. The fourth-order valence-electron chi connectivity index (χ4n) is 3.12. The summed E-state index contributed by atoms with van der Waals surface area (Å²) < 4.78 is 13.9. The smallest absolute Gasteiger partial charge is 0.310 e. The van der Waals surface area contributed by atoms with Crippen molar-refractivity contribution < 1.29 is 19.1 Å². The molecule has 0 saturated heterocycles.